The maximum absolute atomic E-state index is 14.1. The third kappa shape index (κ3) is 9.41. The summed E-state index contributed by atoms with van der Waals surface area (Å²) < 4.78 is 33.0. The number of aromatic nitrogens is 1. The minimum absolute atomic E-state index is 0.0512. The molecule has 0 unspecified atom stereocenters. The SMILES string of the molecule is CCOc1ccc(C[C@@H](NC(=O)c2ccncc2)C(=O)N(CCc2ccc(F)c(F)c2)C(=O)NCc2ccc(CN)cc2)cc1. The van der Waals surface area contributed by atoms with Gasteiger partial charge in [-0.3, -0.25) is 19.5 Å². The van der Waals surface area contributed by atoms with Gasteiger partial charge in [-0.25, -0.2) is 13.6 Å². The minimum atomic E-state index is -1.15. The van der Waals surface area contributed by atoms with E-state index in [1.807, 2.05) is 31.2 Å². The molecule has 0 saturated carbocycles. The Labute approximate surface area is 260 Å². The number of nitrogens with two attached hydrogens (primary N) is 1. The Bertz CT molecular complexity index is 1580. The number of carbonyl (C=O) groups is 3. The van der Waals surface area contributed by atoms with E-state index in [0.29, 0.717) is 30.0 Å². The minimum Gasteiger partial charge on any atom is -0.494 e. The molecule has 0 aliphatic rings. The topological polar surface area (TPSA) is 127 Å². The lowest BCUT2D eigenvalue weighted by atomic mass is 10.0. The number of benzene rings is 3. The largest absolute Gasteiger partial charge is 0.494 e. The molecule has 0 bridgehead atoms. The third-order valence-electron chi connectivity index (χ3n) is 7.04. The Morgan fingerprint density at radius 3 is 2.16 bits per heavy atom. The molecular weight excluding hydrogens is 580 g/mol. The van der Waals surface area contributed by atoms with Gasteiger partial charge in [0.15, 0.2) is 11.6 Å². The van der Waals surface area contributed by atoms with Crippen molar-refractivity contribution < 1.29 is 27.9 Å². The van der Waals surface area contributed by atoms with E-state index in [2.05, 4.69) is 15.6 Å². The van der Waals surface area contributed by atoms with Crippen LogP contribution in [-0.2, 0) is 30.7 Å². The summed E-state index contributed by atoms with van der Waals surface area (Å²) in [6.07, 6.45) is 3.03. The maximum Gasteiger partial charge on any atom is 0.324 e. The van der Waals surface area contributed by atoms with E-state index < -0.39 is 35.5 Å². The van der Waals surface area contributed by atoms with Crippen molar-refractivity contribution in [2.45, 2.75) is 38.9 Å². The van der Waals surface area contributed by atoms with Crippen molar-refractivity contribution in [2.75, 3.05) is 13.2 Å². The average Bonchev–Trinajstić information content (AvgIpc) is 3.06. The zero-order chi connectivity index (χ0) is 32.2. The number of imide groups is 1. The summed E-state index contributed by atoms with van der Waals surface area (Å²) in [5.41, 5.74) is 8.77. The highest BCUT2D eigenvalue weighted by Crippen LogP contribution is 2.16. The molecule has 4 rings (SSSR count). The highest BCUT2D eigenvalue weighted by atomic mass is 19.2. The van der Waals surface area contributed by atoms with Crippen molar-refractivity contribution in [1.29, 1.82) is 0 Å². The number of rotatable bonds is 13. The first-order chi connectivity index (χ1) is 21.8. The molecule has 1 heterocycles. The van der Waals surface area contributed by atoms with Gasteiger partial charge in [0, 0.05) is 44.0 Å². The van der Waals surface area contributed by atoms with Crippen LogP contribution in [0.1, 0.15) is 39.5 Å². The molecule has 1 atom stereocenters. The number of carbonyl (C=O) groups excluding carboxylic acids is 3. The van der Waals surface area contributed by atoms with Gasteiger partial charge in [-0.2, -0.15) is 0 Å². The quantitative estimate of drug-likeness (QED) is 0.203. The normalized spacial score (nSPS) is 11.4. The van der Waals surface area contributed by atoms with Crippen LogP contribution < -0.4 is 21.1 Å². The van der Waals surface area contributed by atoms with E-state index in [1.165, 1.54) is 30.6 Å². The van der Waals surface area contributed by atoms with Gasteiger partial charge in [0.2, 0.25) is 0 Å². The molecule has 11 heteroatoms. The molecule has 0 radical (unpaired) electrons. The van der Waals surface area contributed by atoms with E-state index in [9.17, 15) is 23.2 Å². The summed E-state index contributed by atoms with van der Waals surface area (Å²) in [6, 6.07) is 19.0. The zero-order valence-corrected chi connectivity index (χ0v) is 24.8. The predicted molar refractivity (Wildman–Crippen MR) is 165 cm³/mol. The number of nitrogens with one attached hydrogen (secondary N) is 2. The molecule has 0 fully saturated rings. The van der Waals surface area contributed by atoms with Crippen LogP contribution in [0, 0.1) is 11.6 Å². The summed E-state index contributed by atoms with van der Waals surface area (Å²) >= 11 is 0. The Morgan fingerprint density at radius 2 is 1.51 bits per heavy atom. The molecule has 9 nitrogen and oxygen atoms in total. The van der Waals surface area contributed by atoms with Gasteiger partial charge >= 0.3 is 6.03 Å². The van der Waals surface area contributed by atoms with Crippen molar-refractivity contribution >= 4 is 17.8 Å². The number of urea groups is 1. The first kappa shape index (κ1) is 32.7. The Kier molecular flexibility index (Phi) is 11.7. The molecular formula is C34H35F2N5O4. The van der Waals surface area contributed by atoms with Crippen LogP contribution in [0.5, 0.6) is 5.75 Å². The van der Waals surface area contributed by atoms with E-state index in [-0.39, 0.29) is 31.5 Å². The third-order valence-corrected chi connectivity index (χ3v) is 7.04. The lowest BCUT2D eigenvalue weighted by Crippen LogP contribution is -2.54. The molecule has 0 spiro atoms. The van der Waals surface area contributed by atoms with Crippen molar-refractivity contribution in [3.8, 4) is 5.75 Å². The van der Waals surface area contributed by atoms with Gasteiger partial charge in [0.25, 0.3) is 11.8 Å². The molecule has 3 aromatic carbocycles. The van der Waals surface area contributed by atoms with Gasteiger partial charge in [0.1, 0.15) is 11.8 Å². The molecule has 4 N–H and O–H groups in total. The zero-order valence-electron chi connectivity index (χ0n) is 24.8. The summed E-state index contributed by atoms with van der Waals surface area (Å²) in [6.45, 7) is 2.69. The van der Waals surface area contributed by atoms with Crippen LogP contribution in [0.25, 0.3) is 0 Å². The van der Waals surface area contributed by atoms with Gasteiger partial charge in [0.05, 0.1) is 6.61 Å². The number of hydrogen-bond donors (Lipinski definition) is 3. The fourth-order valence-corrected chi connectivity index (χ4v) is 4.57. The highest BCUT2D eigenvalue weighted by Gasteiger charge is 2.31. The molecule has 0 aliphatic carbocycles. The lowest BCUT2D eigenvalue weighted by Gasteiger charge is -2.27. The van der Waals surface area contributed by atoms with Crippen LogP contribution in [0.15, 0.2) is 91.3 Å². The highest BCUT2D eigenvalue weighted by molar-refractivity contribution is 6.01. The second-order valence-corrected chi connectivity index (χ2v) is 10.2. The number of pyridine rings is 1. The summed E-state index contributed by atoms with van der Waals surface area (Å²) in [5, 5.41) is 5.53. The van der Waals surface area contributed by atoms with Crippen LogP contribution in [-0.4, -0.2) is 46.9 Å². The summed E-state index contributed by atoms with van der Waals surface area (Å²) in [7, 11) is 0. The Balaban J connectivity index is 1.60. The monoisotopic (exact) mass is 615 g/mol. The number of ether oxygens (including phenoxy) is 1. The molecule has 4 aromatic rings. The maximum atomic E-state index is 14.1. The van der Waals surface area contributed by atoms with Gasteiger partial charge < -0.3 is 21.1 Å². The molecule has 4 amide bonds. The van der Waals surface area contributed by atoms with Crippen LogP contribution in [0.2, 0.25) is 0 Å². The fourth-order valence-electron chi connectivity index (χ4n) is 4.57. The van der Waals surface area contributed by atoms with Crippen LogP contribution in [0.3, 0.4) is 0 Å². The molecule has 0 saturated heterocycles. The summed E-state index contributed by atoms with van der Waals surface area (Å²) in [5.74, 6) is -2.59. The first-order valence-corrected chi connectivity index (χ1v) is 14.5. The Morgan fingerprint density at radius 1 is 0.867 bits per heavy atom. The Hall–Kier alpha value is -5.16. The van der Waals surface area contributed by atoms with Crippen LogP contribution in [0.4, 0.5) is 13.6 Å². The number of nitrogens with zero attached hydrogens (tertiary/aromatic N) is 2. The standard InChI is InChI=1S/C34H35F2N5O4/c1-2-45-28-10-7-23(8-11-28)20-31(40-32(42)27-13-16-38-17-14-27)33(43)41(18-15-24-9-12-29(35)30(36)19-24)34(44)39-22-26-5-3-25(21-37)4-6-26/h3-14,16-17,19,31H,2,15,18,20-22,37H2,1H3,(H,39,44)(H,40,42)/t31-/m1/s1. The van der Waals surface area contributed by atoms with Crippen molar-refractivity contribution in [1.82, 2.24) is 20.5 Å². The molecule has 1 aromatic heterocycles. The number of hydrogen-bond acceptors (Lipinski definition) is 6. The van der Waals surface area contributed by atoms with Crippen LogP contribution >= 0.6 is 0 Å². The van der Waals surface area contributed by atoms with Crippen molar-refractivity contribution in [3.05, 3.63) is 131 Å². The second kappa shape index (κ2) is 16.1. The lowest BCUT2D eigenvalue weighted by molar-refractivity contribution is -0.130. The average molecular weight is 616 g/mol. The van der Waals surface area contributed by atoms with E-state index in [4.69, 9.17) is 10.5 Å². The molecule has 234 valence electrons. The van der Waals surface area contributed by atoms with Crippen molar-refractivity contribution in [2.24, 2.45) is 5.73 Å². The predicted octanol–water partition coefficient (Wildman–Crippen LogP) is 4.54. The fraction of sp³-hybridized carbons (Fsp3) is 0.235. The molecule has 45 heavy (non-hydrogen) atoms. The van der Waals surface area contributed by atoms with E-state index in [0.717, 1.165) is 28.2 Å². The van der Waals surface area contributed by atoms with Gasteiger partial charge in [-0.15, -0.1) is 0 Å². The smallest absolute Gasteiger partial charge is 0.324 e. The number of amides is 4. The van der Waals surface area contributed by atoms with E-state index >= 15 is 0 Å². The van der Waals surface area contributed by atoms with Gasteiger partial charge in [-0.05, 0) is 72.0 Å². The number of halogens is 2. The second-order valence-electron chi connectivity index (χ2n) is 10.2. The van der Waals surface area contributed by atoms with Gasteiger partial charge in [-0.1, -0.05) is 42.5 Å². The molecule has 0 aliphatic heterocycles. The summed E-state index contributed by atoms with van der Waals surface area (Å²) in [4.78, 5) is 45.8. The van der Waals surface area contributed by atoms with Crippen molar-refractivity contribution in [3.63, 3.8) is 0 Å². The van der Waals surface area contributed by atoms with E-state index in [1.54, 1.807) is 24.3 Å². The first-order valence-electron chi connectivity index (χ1n) is 14.5.